The van der Waals surface area contributed by atoms with Gasteiger partial charge in [-0.1, -0.05) is 24.3 Å². The van der Waals surface area contributed by atoms with Crippen LogP contribution in [0.3, 0.4) is 0 Å². The number of nitrogens with two attached hydrogens (primary N) is 1. The highest BCUT2D eigenvalue weighted by Gasteiger charge is 2.29. The van der Waals surface area contributed by atoms with Gasteiger partial charge in [-0.05, 0) is 37.1 Å². The van der Waals surface area contributed by atoms with Crippen molar-refractivity contribution < 1.29 is 4.39 Å². The lowest BCUT2D eigenvalue weighted by molar-refractivity contribution is 0.313. The first-order chi connectivity index (χ1) is 8.24. The number of hydrogen-bond donors (Lipinski definition) is 1. The number of benzene rings is 1. The lowest BCUT2D eigenvalue weighted by Gasteiger charge is -2.20. The van der Waals surface area contributed by atoms with Crippen LogP contribution in [0.15, 0.2) is 24.3 Å². The number of aryl methyl sites for hydroxylation is 1. The molecule has 0 aliphatic carbocycles. The molecule has 1 aromatic rings. The Morgan fingerprint density at radius 2 is 2.29 bits per heavy atom. The van der Waals surface area contributed by atoms with E-state index in [1.165, 1.54) is 5.56 Å². The van der Waals surface area contributed by atoms with Crippen LogP contribution in [0.2, 0.25) is 0 Å². The van der Waals surface area contributed by atoms with Gasteiger partial charge in [0.05, 0.1) is 6.67 Å². The van der Waals surface area contributed by atoms with Crippen molar-refractivity contribution in [2.24, 2.45) is 11.7 Å². The molecule has 0 aromatic heterocycles. The Hall–Kier alpha value is -0.930. The van der Waals surface area contributed by atoms with Crippen LogP contribution in [0.25, 0.3) is 0 Å². The lowest BCUT2D eigenvalue weighted by atomic mass is 9.98. The topological polar surface area (TPSA) is 29.3 Å². The van der Waals surface area contributed by atoms with Crippen molar-refractivity contribution in [2.75, 3.05) is 26.8 Å². The highest BCUT2D eigenvalue weighted by molar-refractivity contribution is 5.27. The zero-order valence-electron chi connectivity index (χ0n) is 10.4. The molecule has 0 saturated carbocycles. The second-order valence-corrected chi connectivity index (χ2v) is 4.98. The molecule has 0 amide bonds. The van der Waals surface area contributed by atoms with Crippen LogP contribution in [-0.2, 0) is 6.42 Å². The second-order valence-electron chi connectivity index (χ2n) is 4.98. The zero-order valence-corrected chi connectivity index (χ0v) is 10.4. The minimum Gasteiger partial charge on any atom is -0.330 e. The molecule has 1 aromatic carbocycles. The molecule has 1 saturated heterocycles. The number of rotatable bonds is 4. The van der Waals surface area contributed by atoms with Gasteiger partial charge >= 0.3 is 0 Å². The number of halogens is 1. The third-order valence-electron chi connectivity index (χ3n) is 3.69. The summed E-state index contributed by atoms with van der Waals surface area (Å²) in [6, 6.07) is 8.76. The molecule has 2 unspecified atom stereocenters. The van der Waals surface area contributed by atoms with Crippen LogP contribution < -0.4 is 5.73 Å². The predicted molar refractivity (Wildman–Crippen MR) is 68.7 cm³/mol. The van der Waals surface area contributed by atoms with Crippen molar-refractivity contribution in [3.05, 3.63) is 35.4 Å². The Morgan fingerprint density at radius 1 is 1.47 bits per heavy atom. The van der Waals surface area contributed by atoms with E-state index in [2.05, 4.69) is 24.1 Å². The fourth-order valence-corrected chi connectivity index (χ4v) is 2.73. The monoisotopic (exact) mass is 236 g/mol. The summed E-state index contributed by atoms with van der Waals surface area (Å²) in [7, 11) is 2.14. The third kappa shape index (κ3) is 2.85. The smallest absolute Gasteiger partial charge is 0.0934 e. The van der Waals surface area contributed by atoms with Gasteiger partial charge in [0.25, 0.3) is 0 Å². The molecule has 17 heavy (non-hydrogen) atoms. The van der Waals surface area contributed by atoms with E-state index in [0.29, 0.717) is 18.4 Å². The van der Waals surface area contributed by atoms with Gasteiger partial charge in [0.2, 0.25) is 0 Å². The van der Waals surface area contributed by atoms with Gasteiger partial charge < -0.3 is 5.73 Å². The first-order valence-electron chi connectivity index (χ1n) is 6.29. The molecule has 94 valence electrons. The second kappa shape index (κ2) is 5.61. The Labute approximate surface area is 103 Å². The number of hydrogen-bond acceptors (Lipinski definition) is 2. The molecule has 1 heterocycles. The zero-order chi connectivity index (χ0) is 12.3. The van der Waals surface area contributed by atoms with Crippen molar-refractivity contribution in [3.63, 3.8) is 0 Å². The molecule has 2 atom stereocenters. The van der Waals surface area contributed by atoms with Crippen molar-refractivity contribution in [3.8, 4) is 0 Å². The maximum Gasteiger partial charge on any atom is 0.0934 e. The van der Waals surface area contributed by atoms with E-state index in [1.807, 2.05) is 12.1 Å². The molecule has 0 radical (unpaired) electrons. The first kappa shape index (κ1) is 12.5. The Morgan fingerprint density at radius 3 is 2.94 bits per heavy atom. The molecule has 2 rings (SSSR count). The summed E-state index contributed by atoms with van der Waals surface area (Å²) in [6.45, 7) is 1.54. The predicted octanol–water partition coefficient (Wildman–Crippen LogP) is 2.15. The lowest BCUT2D eigenvalue weighted by Crippen LogP contribution is -2.20. The van der Waals surface area contributed by atoms with Gasteiger partial charge in [-0.2, -0.15) is 0 Å². The average molecular weight is 236 g/mol. The maximum atomic E-state index is 12.4. The minimum atomic E-state index is -0.282. The molecule has 1 fully saturated rings. The summed E-state index contributed by atoms with van der Waals surface area (Å²) in [5.74, 6) is 0.592. The Kier molecular flexibility index (Phi) is 4.13. The van der Waals surface area contributed by atoms with E-state index in [-0.39, 0.29) is 6.67 Å². The molecule has 2 nitrogen and oxygen atoms in total. The minimum absolute atomic E-state index is 0.282. The quantitative estimate of drug-likeness (QED) is 0.868. The van der Waals surface area contributed by atoms with Crippen LogP contribution in [0, 0.1) is 5.92 Å². The SMILES string of the molecule is CN1CC(CN)CC1c1cccc(CCF)c1. The Balaban J connectivity index is 2.13. The Bertz CT molecular complexity index is 367. The number of nitrogens with zero attached hydrogens (tertiary/aromatic N) is 1. The molecule has 1 aliphatic rings. The largest absolute Gasteiger partial charge is 0.330 e. The highest BCUT2D eigenvalue weighted by atomic mass is 19.1. The highest BCUT2D eigenvalue weighted by Crippen LogP contribution is 2.33. The van der Waals surface area contributed by atoms with Crippen LogP contribution in [0.4, 0.5) is 4.39 Å². The normalized spacial score (nSPS) is 25.4. The fourth-order valence-electron chi connectivity index (χ4n) is 2.73. The van der Waals surface area contributed by atoms with Crippen LogP contribution in [0.5, 0.6) is 0 Å². The van der Waals surface area contributed by atoms with Crippen molar-refractivity contribution >= 4 is 0 Å². The van der Waals surface area contributed by atoms with Crippen LogP contribution in [0.1, 0.15) is 23.6 Å². The number of alkyl halides is 1. The van der Waals surface area contributed by atoms with Gasteiger partial charge in [-0.3, -0.25) is 9.29 Å². The third-order valence-corrected chi connectivity index (χ3v) is 3.69. The molecule has 0 spiro atoms. The number of likely N-dealkylation sites (tertiary alicyclic amines) is 1. The molecule has 0 bridgehead atoms. The van der Waals surface area contributed by atoms with E-state index in [4.69, 9.17) is 5.73 Å². The summed E-state index contributed by atoms with van der Waals surface area (Å²) in [6.07, 6.45) is 1.64. The first-order valence-corrected chi connectivity index (χ1v) is 6.29. The van der Waals surface area contributed by atoms with Gasteiger partial charge in [0.15, 0.2) is 0 Å². The summed E-state index contributed by atoms with van der Waals surface area (Å²) in [4.78, 5) is 2.35. The summed E-state index contributed by atoms with van der Waals surface area (Å²) in [5, 5.41) is 0. The van der Waals surface area contributed by atoms with Crippen LogP contribution in [-0.4, -0.2) is 31.7 Å². The van der Waals surface area contributed by atoms with E-state index in [9.17, 15) is 4.39 Å². The molecule has 2 N–H and O–H groups in total. The van der Waals surface area contributed by atoms with Crippen molar-refractivity contribution in [1.82, 2.24) is 4.90 Å². The van der Waals surface area contributed by atoms with E-state index in [1.54, 1.807) is 0 Å². The summed E-state index contributed by atoms with van der Waals surface area (Å²) >= 11 is 0. The summed E-state index contributed by atoms with van der Waals surface area (Å²) in [5.41, 5.74) is 8.13. The molecule has 3 heteroatoms. The summed E-state index contributed by atoms with van der Waals surface area (Å²) < 4.78 is 12.4. The van der Waals surface area contributed by atoms with Gasteiger partial charge in [0, 0.05) is 19.0 Å². The van der Waals surface area contributed by atoms with Crippen LogP contribution >= 0.6 is 0 Å². The fraction of sp³-hybridized carbons (Fsp3) is 0.571. The van der Waals surface area contributed by atoms with Gasteiger partial charge in [-0.25, -0.2) is 0 Å². The van der Waals surface area contributed by atoms with E-state index in [0.717, 1.165) is 25.1 Å². The average Bonchev–Trinajstić information content (AvgIpc) is 2.71. The molecular formula is C14H21FN2. The molecular weight excluding hydrogens is 215 g/mol. The van der Waals surface area contributed by atoms with Crippen molar-refractivity contribution in [2.45, 2.75) is 18.9 Å². The maximum absolute atomic E-state index is 12.4. The van der Waals surface area contributed by atoms with E-state index < -0.39 is 0 Å². The van der Waals surface area contributed by atoms with Crippen molar-refractivity contribution in [1.29, 1.82) is 0 Å². The van der Waals surface area contributed by atoms with E-state index >= 15 is 0 Å². The molecule has 1 aliphatic heterocycles. The standard InChI is InChI=1S/C14H21FN2/c1-17-10-12(9-16)8-14(17)13-4-2-3-11(7-13)5-6-15/h2-4,7,12,14H,5-6,8-10,16H2,1H3. The van der Waals surface area contributed by atoms with Gasteiger partial charge in [-0.15, -0.1) is 0 Å². The van der Waals surface area contributed by atoms with Gasteiger partial charge in [0.1, 0.15) is 0 Å².